The molecule has 1 nitrogen and oxygen atoms in total. The topological polar surface area (TPSA) is 12.4 Å². The standard InChI is InChI=1S/C12H12ClN/c1-8-3-5-10(6-4-8)11-7-9(2)14-12(11)13/h3-6H,7H2,1-2H3. The van der Waals surface area contributed by atoms with Crippen LogP contribution in [0.5, 0.6) is 0 Å². The second kappa shape index (κ2) is 3.58. The van der Waals surface area contributed by atoms with E-state index in [4.69, 9.17) is 11.6 Å². The summed E-state index contributed by atoms with van der Waals surface area (Å²) in [6.45, 7) is 4.08. The minimum Gasteiger partial charge on any atom is -0.245 e. The Kier molecular flexibility index (Phi) is 2.42. The van der Waals surface area contributed by atoms with Crippen LogP contribution in [0.2, 0.25) is 0 Å². The van der Waals surface area contributed by atoms with Crippen molar-refractivity contribution in [2.24, 2.45) is 4.99 Å². The molecule has 1 heterocycles. The Labute approximate surface area is 89.1 Å². The van der Waals surface area contributed by atoms with E-state index in [1.54, 1.807) is 0 Å². The molecule has 0 bridgehead atoms. The third-order valence-corrected chi connectivity index (χ3v) is 2.68. The fourth-order valence-electron chi connectivity index (χ4n) is 1.58. The third kappa shape index (κ3) is 1.73. The predicted octanol–water partition coefficient (Wildman–Crippen LogP) is 3.77. The van der Waals surface area contributed by atoms with Gasteiger partial charge in [0.1, 0.15) is 5.16 Å². The maximum atomic E-state index is 6.04. The summed E-state index contributed by atoms with van der Waals surface area (Å²) in [7, 11) is 0. The fraction of sp³-hybridized carbons (Fsp3) is 0.250. The van der Waals surface area contributed by atoms with Gasteiger partial charge in [0.15, 0.2) is 0 Å². The molecule has 1 aliphatic rings. The van der Waals surface area contributed by atoms with Crippen molar-refractivity contribution >= 4 is 22.9 Å². The quantitative estimate of drug-likeness (QED) is 0.619. The fourth-order valence-corrected chi connectivity index (χ4v) is 1.90. The number of nitrogens with zero attached hydrogens (tertiary/aromatic N) is 1. The second-order valence-electron chi connectivity index (χ2n) is 3.66. The first-order valence-corrected chi connectivity index (χ1v) is 5.04. The Morgan fingerprint density at radius 3 is 2.29 bits per heavy atom. The van der Waals surface area contributed by atoms with Gasteiger partial charge in [-0.15, -0.1) is 0 Å². The monoisotopic (exact) mass is 205 g/mol. The van der Waals surface area contributed by atoms with E-state index >= 15 is 0 Å². The summed E-state index contributed by atoms with van der Waals surface area (Å²) in [6.07, 6.45) is 0.877. The first-order valence-electron chi connectivity index (χ1n) is 4.66. The van der Waals surface area contributed by atoms with E-state index in [0.717, 1.165) is 17.7 Å². The van der Waals surface area contributed by atoms with Gasteiger partial charge in [0.05, 0.1) is 0 Å². The SMILES string of the molecule is CC1=NC(Cl)=C(c2ccc(C)cc2)C1. The normalized spacial score (nSPS) is 16.1. The number of hydrogen-bond acceptors (Lipinski definition) is 1. The number of halogens is 1. The molecule has 0 unspecified atom stereocenters. The number of benzene rings is 1. The lowest BCUT2D eigenvalue weighted by atomic mass is 10.0. The van der Waals surface area contributed by atoms with Crippen LogP contribution in [0.15, 0.2) is 34.4 Å². The van der Waals surface area contributed by atoms with Crippen LogP contribution in [0, 0.1) is 6.92 Å². The van der Waals surface area contributed by atoms with Crippen molar-refractivity contribution in [1.29, 1.82) is 0 Å². The van der Waals surface area contributed by atoms with E-state index in [1.807, 2.05) is 6.92 Å². The number of hydrogen-bond donors (Lipinski definition) is 0. The zero-order chi connectivity index (χ0) is 10.1. The lowest BCUT2D eigenvalue weighted by molar-refractivity contribution is 1.42. The van der Waals surface area contributed by atoms with Crippen LogP contribution in [0.4, 0.5) is 0 Å². The molecule has 72 valence electrons. The summed E-state index contributed by atoms with van der Waals surface area (Å²) in [4.78, 5) is 4.23. The molecule has 0 spiro atoms. The molecule has 0 amide bonds. The van der Waals surface area contributed by atoms with Gasteiger partial charge in [0, 0.05) is 17.7 Å². The number of rotatable bonds is 1. The van der Waals surface area contributed by atoms with Gasteiger partial charge in [-0.3, -0.25) is 0 Å². The molecule has 0 aliphatic carbocycles. The summed E-state index contributed by atoms with van der Waals surface area (Å²) >= 11 is 6.04. The first kappa shape index (κ1) is 9.47. The number of allylic oxidation sites excluding steroid dienone is 1. The van der Waals surface area contributed by atoms with E-state index in [-0.39, 0.29) is 0 Å². The highest BCUT2D eigenvalue weighted by molar-refractivity contribution is 6.34. The van der Waals surface area contributed by atoms with Crippen LogP contribution in [0.3, 0.4) is 0 Å². The lowest BCUT2D eigenvalue weighted by Gasteiger charge is -2.02. The molecule has 2 rings (SSSR count). The van der Waals surface area contributed by atoms with Gasteiger partial charge in [0.25, 0.3) is 0 Å². The van der Waals surface area contributed by atoms with Crippen LogP contribution in [0.25, 0.3) is 5.57 Å². The van der Waals surface area contributed by atoms with Crippen molar-refractivity contribution in [3.8, 4) is 0 Å². The zero-order valence-corrected chi connectivity index (χ0v) is 9.10. The Balaban J connectivity index is 2.35. The van der Waals surface area contributed by atoms with Gasteiger partial charge in [-0.1, -0.05) is 41.4 Å². The average Bonchev–Trinajstić information content (AvgIpc) is 2.47. The second-order valence-corrected chi connectivity index (χ2v) is 4.02. The molecule has 0 N–H and O–H groups in total. The van der Waals surface area contributed by atoms with Gasteiger partial charge in [0.2, 0.25) is 0 Å². The van der Waals surface area contributed by atoms with Crippen molar-refractivity contribution < 1.29 is 0 Å². The van der Waals surface area contributed by atoms with Gasteiger partial charge < -0.3 is 0 Å². The van der Waals surface area contributed by atoms with Crippen LogP contribution >= 0.6 is 11.6 Å². The van der Waals surface area contributed by atoms with Crippen molar-refractivity contribution in [2.45, 2.75) is 20.3 Å². The molecular formula is C12H12ClN. The summed E-state index contributed by atoms with van der Waals surface area (Å²) in [5.41, 5.74) is 4.68. The Hall–Kier alpha value is -1.08. The van der Waals surface area contributed by atoms with E-state index in [0.29, 0.717) is 5.16 Å². The van der Waals surface area contributed by atoms with E-state index in [2.05, 4.69) is 36.2 Å². The first-order chi connectivity index (χ1) is 6.66. The van der Waals surface area contributed by atoms with Crippen molar-refractivity contribution in [3.63, 3.8) is 0 Å². The Morgan fingerprint density at radius 2 is 1.79 bits per heavy atom. The largest absolute Gasteiger partial charge is 0.245 e. The molecular weight excluding hydrogens is 194 g/mol. The molecule has 2 heteroatoms. The molecule has 0 radical (unpaired) electrons. The highest BCUT2D eigenvalue weighted by Gasteiger charge is 2.14. The van der Waals surface area contributed by atoms with Gasteiger partial charge in [-0.25, -0.2) is 4.99 Å². The number of aryl methyl sites for hydroxylation is 1. The summed E-state index contributed by atoms with van der Waals surface area (Å²) in [5, 5.41) is 0.645. The van der Waals surface area contributed by atoms with Gasteiger partial charge >= 0.3 is 0 Å². The summed E-state index contributed by atoms with van der Waals surface area (Å²) in [6, 6.07) is 8.39. The maximum Gasteiger partial charge on any atom is 0.133 e. The molecule has 0 saturated carbocycles. The maximum absolute atomic E-state index is 6.04. The summed E-state index contributed by atoms with van der Waals surface area (Å²) in [5.74, 6) is 0. The smallest absolute Gasteiger partial charge is 0.133 e. The highest BCUT2D eigenvalue weighted by Crippen LogP contribution is 2.31. The lowest BCUT2D eigenvalue weighted by Crippen LogP contribution is -1.88. The molecule has 0 fully saturated rings. The minimum atomic E-state index is 0.645. The molecule has 14 heavy (non-hydrogen) atoms. The van der Waals surface area contributed by atoms with Crippen molar-refractivity contribution in [2.75, 3.05) is 0 Å². The Bertz CT molecular complexity index is 412. The number of aliphatic imine (C=N–C) groups is 1. The van der Waals surface area contributed by atoms with Crippen LogP contribution in [-0.4, -0.2) is 5.71 Å². The van der Waals surface area contributed by atoms with Crippen molar-refractivity contribution in [3.05, 3.63) is 40.5 Å². The summed E-state index contributed by atoms with van der Waals surface area (Å²) < 4.78 is 0. The molecule has 1 aliphatic heterocycles. The highest BCUT2D eigenvalue weighted by atomic mass is 35.5. The van der Waals surface area contributed by atoms with E-state index in [1.165, 1.54) is 11.1 Å². The molecule has 1 aromatic rings. The van der Waals surface area contributed by atoms with Gasteiger partial charge in [-0.2, -0.15) is 0 Å². The molecule has 0 atom stereocenters. The van der Waals surface area contributed by atoms with Crippen LogP contribution in [0.1, 0.15) is 24.5 Å². The molecule has 1 aromatic carbocycles. The van der Waals surface area contributed by atoms with E-state index < -0.39 is 0 Å². The minimum absolute atomic E-state index is 0.645. The van der Waals surface area contributed by atoms with Gasteiger partial charge in [-0.05, 0) is 19.4 Å². The van der Waals surface area contributed by atoms with Crippen LogP contribution < -0.4 is 0 Å². The molecule has 0 saturated heterocycles. The third-order valence-electron chi connectivity index (χ3n) is 2.37. The van der Waals surface area contributed by atoms with E-state index in [9.17, 15) is 0 Å². The average molecular weight is 206 g/mol. The Morgan fingerprint density at radius 1 is 1.14 bits per heavy atom. The molecule has 0 aromatic heterocycles. The van der Waals surface area contributed by atoms with Crippen LogP contribution in [-0.2, 0) is 0 Å². The van der Waals surface area contributed by atoms with Crippen molar-refractivity contribution in [1.82, 2.24) is 0 Å². The zero-order valence-electron chi connectivity index (χ0n) is 8.34. The predicted molar refractivity (Wildman–Crippen MR) is 61.7 cm³/mol.